The van der Waals surface area contributed by atoms with E-state index in [1.54, 1.807) is 0 Å². The van der Waals surface area contributed by atoms with Crippen molar-refractivity contribution in [2.45, 2.75) is 45.1 Å². The third-order valence-electron chi connectivity index (χ3n) is 3.08. The van der Waals surface area contributed by atoms with E-state index in [4.69, 9.17) is 5.11 Å². The molecular formula is C10H21NO. The first-order chi connectivity index (χ1) is 5.76. The number of rotatable bonds is 6. The lowest BCUT2D eigenvalue weighted by Crippen LogP contribution is -2.37. The van der Waals surface area contributed by atoms with E-state index in [2.05, 4.69) is 19.2 Å². The van der Waals surface area contributed by atoms with Gasteiger partial charge in [0.1, 0.15) is 0 Å². The van der Waals surface area contributed by atoms with Gasteiger partial charge in [-0.05, 0) is 25.3 Å². The molecule has 1 saturated carbocycles. The van der Waals surface area contributed by atoms with Gasteiger partial charge < -0.3 is 10.4 Å². The molecule has 0 aromatic rings. The molecule has 0 spiro atoms. The van der Waals surface area contributed by atoms with Gasteiger partial charge in [0, 0.05) is 5.54 Å². The smallest absolute Gasteiger partial charge is 0.0613 e. The Balaban J connectivity index is 2.15. The molecule has 12 heavy (non-hydrogen) atoms. The summed E-state index contributed by atoms with van der Waals surface area (Å²) >= 11 is 0. The third kappa shape index (κ3) is 2.46. The van der Waals surface area contributed by atoms with Crippen LogP contribution in [-0.2, 0) is 0 Å². The Bertz CT molecular complexity index is 128. The van der Waals surface area contributed by atoms with E-state index >= 15 is 0 Å². The van der Waals surface area contributed by atoms with Gasteiger partial charge in [-0.3, -0.25) is 0 Å². The molecule has 0 amide bonds. The lowest BCUT2D eigenvalue weighted by atomic mass is 10.0. The fourth-order valence-electron chi connectivity index (χ4n) is 1.48. The van der Waals surface area contributed by atoms with Crippen LogP contribution in [0.5, 0.6) is 0 Å². The van der Waals surface area contributed by atoms with Crippen molar-refractivity contribution >= 4 is 0 Å². The highest BCUT2D eigenvalue weighted by molar-refractivity contribution is 5.01. The summed E-state index contributed by atoms with van der Waals surface area (Å²) in [6.07, 6.45) is 4.79. The highest BCUT2D eigenvalue weighted by Gasteiger charge is 2.41. The van der Waals surface area contributed by atoms with E-state index in [1.807, 2.05) is 0 Å². The molecule has 72 valence electrons. The standard InChI is InChI=1S/C10H21NO/c1-3-9(4-2)7-11-10(8-12)5-6-10/h9,11-12H,3-8H2,1-2H3. The van der Waals surface area contributed by atoms with Crippen LogP contribution in [0.15, 0.2) is 0 Å². The fourth-order valence-corrected chi connectivity index (χ4v) is 1.48. The summed E-state index contributed by atoms with van der Waals surface area (Å²) in [4.78, 5) is 0. The molecule has 2 heteroatoms. The molecule has 1 aliphatic rings. The van der Waals surface area contributed by atoms with Crippen molar-refractivity contribution in [1.82, 2.24) is 5.32 Å². The Kier molecular flexibility index (Phi) is 3.53. The third-order valence-corrected chi connectivity index (χ3v) is 3.08. The number of aliphatic hydroxyl groups is 1. The summed E-state index contributed by atoms with van der Waals surface area (Å²) in [5.41, 5.74) is 0.128. The predicted molar refractivity (Wildman–Crippen MR) is 51.1 cm³/mol. The molecular weight excluding hydrogens is 150 g/mol. The fraction of sp³-hybridized carbons (Fsp3) is 1.00. The van der Waals surface area contributed by atoms with E-state index in [9.17, 15) is 0 Å². The largest absolute Gasteiger partial charge is 0.394 e. The molecule has 0 unspecified atom stereocenters. The summed E-state index contributed by atoms with van der Waals surface area (Å²) in [5, 5.41) is 12.5. The van der Waals surface area contributed by atoms with Crippen molar-refractivity contribution in [3.8, 4) is 0 Å². The maximum Gasteiger partial charge on any atom is 0.0613 e. The zero-order chi connectivity index (χ0) is 9.03. The van der Waals surface area contributed by atoms with Gasteiger partial charge in [0.05, 0.1) is 6.61 Å². The zero-order valence-corrected chi connectivity index (χ0v) is 8.27. The van der Waals surface area contributed by atoms with Crippen molar-refractivity contribution < 1.29 is 5.11 Å². The van der Waals surface area contributed by atoms with Crippen LogP contribution in [0.3, 0.4) is 0 Å². The average molecular weight is 171 g/mol. The molecule has 0 aliphatic heterocycles. The topological polar surface area (TPSA) is 32.3 Å². The minimum Gasteiger partial charge on any atom is -0.394 e. The lowest BCUT2D eigenvalue weighted by Gasteiger charge is -2.19. The van der Waals surface area contributed by atoms with E-state index in [-0.39, 0.29) is 5.54 Å². The number of nitrogens with one attached hydrogen (secondary N) is 1. The van der Waals surface area contributed by atoms with Crippen LogP contribution >= 0.6 is 0 Å². The van der Waals surface area contributed by atoms with Crippen molar-refractivity contribution in [3.63, 3.8) is 0 Å². The van der Waals surface area contributed by atoms with Crippen LogP contribution < -0.4 is 5.32 Å². The second-order valence-corrected chi connectivity index (χ2v) is 4.00. The normalized spacial score (nSPS) is 20.0. The Labute approximate surface area is 75.4 Å². The summed E-state index contributed by atoms with van der Waals surface area (Å²) in [7, 11) is 0. The molecule has 0 aromatic carbocycles. The van der Waals surface area contributed by atoms with Crippen LogP contribution in [0.25, 0.3) is 0 Å². The Morgan fingerprint density at radius 2 is 1.92 bits per heavy atom. The molecule has 1 aliphatic carbocycles. The predicted octanol–water partition coefficient (Wildman–Crippen LogP) is 1.54. The summed E-state index contributed by atoms with van der Waals surface area (Å²) in [6.45, 7) is 5.85. The van der Waals surface area contributed by atoms with Crippen LogP contribution in [-0.4, -0.2) is 23.8 Å². The average Bonchev–Trinajstić information content (AvgIpc) is 2.87. The zero-order valence-electron chi connectivity index (χ0n) is 8.27. The second kappa shape index (κ2) is 4.24. The van der Waals surface area contributed by atoms with Crippen molar-refractivity contribution in [3.05, 3.63) is 0 Å². The van der Waals surface area contributed by atoms with Crippen LogP contribution in [0.1, 0.15) is 39.5 Å². The molecule has 1 rings (SSSR count). The van der Waals surface area contributed by atoms with E-state index < -0.39 is 0 Å². The van der Waals surface area contributed by atoms with Gasteiger partial charge in [-0.2, -0.15) is 0 Å². The minimum atomic E-state index is 0.128. The molecule has 2 N–H and O–H groups in total. The van der Waals surface area contributed by atoms with Gasteiger partial charge >= 0.3 is 0 Å². The number of aliphatic hydroxyl groups excluding tert-OH is 1. The van der Waals surface area contributed by atoms with Crippen LogP contribution in [0, 0.1) is 5.92 Å². The molecule has 0 heterocycles. The van der Waals surface area contributed by atoms with Crippen LogP contribution in [0.4, 0.5) is 0 Å². The van der Waals surface area contributed by atoms with Crippen molar-refractivity contribution in [1.29, 1.82) is 0 Å². The van der Waals surface area contributed by atoms with E-state index in [1.165, 1.54) is 12.8 Å². The first-order valence-corrected chi connectivity index (χ1v) is 5.12. The van der Waals surface area contributed by atoms with Crippen molar-refractivity contribution in [2.75, 3.05) is 13.2 Å². The lowest BCUT2D eigenvalue weighted by molar-refractivity contribution is 0.223. The van der Waals surface area contributed by atoms with E-state index in [0.717, 1.165) is 25.3 Å². The van der Waals surface area contributed by atoms with Gasteiger partial charge in [-0.25, -0.2) is 0 Å². The summed E-state index contributed by atoms with van der Waals surface area (Å²) in [5.74, 6) is 0.786. The highest BCUT2D eigenvalue weighted by Crippen LogP contribution is 2.34. The molecule has 0 bridgehead atoms. The minimum absolute atomic E-state index is 0.128. The molecule has 0 atom stereocenters. The Morgan fingerprint density at radius 3 is 2.25 bits per heavy atom. The van der Waals surface area contributed by atoms with E-state index in [0.29, 0.717) is 6.61 Å². The SMILES string of the molecule is CCC(CC)CNC1(CO)CC1. The van der Waals surface area contributed by atoms with Gasteiger partial charge in [0.15, 0.2) is 0 Å². The first kappa shape index (κ1) is 10.0. The molecule has 0 aromatic heterocycles. The Hall–Kier alpha value is -0.0800. The molecule has 1 fully saturated rings. The van der Waals surface area contributed by atoms with Gasteiger partial charge in [-0.1, -0.05) is 26.7 Å². The maximum atomic E-state index is 9.05. The quantitative estimate of drug-likeness (QED) is 0.635. The summed E-state index contributed by atoms with van der Waals surface area (Å²) in [6, 6.07) is 0. The van der Waals surface area contributed by atoms with Crippen LogP contribution in [0.2, 0.25) is 0 Å². The molecule has 0 radical (unpaired) electrons. The first-order valence-electron chi connectivity index (χ1n) is 5.12. The highest BCUT2D eigenvalue weighted by atomic mass is 16.3. The second-order valence-electron chi connectivity index (χ2n) is 4.00. The van der Waals surface area contributed by atoms with Crippen molar-refractivity contribution in [2.24, 2.45) is 5.92 Å². The van der Waals surface area contributed by atoms with Gasteiger partial charge in [-0.15, -0.1) is 0 Å². The number of hydrogen-bond donors (Lipinski definition) is 2. The monoisotopic (exact) mass is 171 g/mol. The maximum absolute atomic E-state index is 9.05. The Morgan fingerprint density at radius 1 is 1.33 bits per heavy atom. The van der Waals surface area contributed by atoms with Gasteiger partial charge in [0.25, 0.3) is 0 Å². The number of hydrogen-bond acceptors (Lipinski definition) is 2. The molecule has 2 nitrogen and oxygen atoms in total. The summed E-state index contributed by atoms with van der Waals surface area (Å²) < 4.78 is 0. The van der Waals surface area contributed by atoms with Gasteiger partial charge in [0.2, 0.25) is 0 Å². The molecule has 0 saturated heterocycles.